The maximum atomic E-state index is 10.7. The van der Waals surface area contributed by atoms with Crippen LogP contribution in [0.4, 0.5) is 0 Å². The molecule has 4 N–H and O–H groups in total. The number of aliphatic hydroxyl groups is 1. The Balaban J connectivity index is 1.49. The smallest absolute Gasteiger partial charge is 0.341 e. The van der Waals surface area contributed by atoms with Gasteiger partial charge in [0.1, 0.15) is 5.75 Å². The van der Waals surface area contributed by atoms with Crippen LogP contribution in [-0.2, 0) is 11.2 Å². The second kappa shape index (κ2) is 9.59. The molecule has 0 aliphatic carbocycles. The first-order chi connectivity index (χ1) is 13.5. The number of aryl methyl sites for hydroxylation is 1. The van der Waals surface area contributed by atoms with E-state index >= 15 is 0 Å². The van der Waals surface area contributed by atoms with Gasteiger partial charge >= 0.3 is 5.97 Å². The van der Waals surface area contributed by atoms with Crippen LogP contribution in [-0.4, -0.2) is 40.9 Å². The van der Waals surface area contributed by atoms with Crippen LogP contribution in [0.15, 0.2) is 48.7 Å². The summed E-state index contributed by atoms with van der Waals surface area (Å²) in [4.78, 5) is 13.9. The van der Waals surface area contributed by atoms with Crippen LogP contribution in [0.3, 0.4) is 0 Å². The molecule has 0 radical (unpaired) electrons. The number of aromatic nitrogens is 1. The maximum absolute atomic E-state index is 10.7. The van der Waals surface area contributed by atoms with Crippen molar-refractivity contribution in [2.24, 2.45) is 0 Å². The van der Waals surface area contributed by atoms with E-state index in [-0.39, 0.29) is 6.61 Å². The fraction of sp³-hybridized carbons (Fsp3) is 0.286. The zero-order valence-corrected chi connectivity index (χ0v) is 16.1. The lowest BCUT2D eigenvalue weighted by molar-refractivity contribution is -0.139. The van der Waals surface area contributed by atoms with Gasteiger partial charge in [0.15, 0.2) is 6.61 Å². The van der Waals surface area contributed by atoms with Crippen LogP contribution in [0.25, 0.3) is 10.9 Å². The Hall–Kier alpha value is -2.54. The minimum atomic E-state index is -1.00. The molecule has 0 saturated carbocycles. The Labute approximate surface area is 168 Å². The predicted octanol–water partition coefficient (Wildman–Crippen LogP) is 3.54. The summed E-state index contributed by atoms with van der Waals surface area (Å²) in [5.41, 5.74) is 2.75. The first kappa shape index (κ1) is 20.2. The molecule has 0 aliphatic rings. The molecule has 0 fully saturated rings. The summed E-state index contributed by atoms with van der Waals surface area (Å²) in [7, 11) is 0. The van der Waals surface area contributed by atoms with Gasteiger partial charge in [-0.2, -0.15) is 0 Å². The molecule has 0 saturated heterocycles. The Morgan fingerprint density at radius 2 is 2.07 bits per heavy atom. The summed E-state index contributed by atoms with van der Waals surface area (Å²) in [5.74, 6) is -0.469. The number of H-pyrrole nitrogens is 1. The SMILES string of the molecule is O=C(O)COc1cccc2c(CCCNCC(O)c3cccc(Cl)c3)c[nH]c12. The van der Waals surface area contributed by atoms with Gasteiger partial charge in [-0.3, -0.25) is 0 Å². The van der Waals surface area contributed by atoms with Crippen molar-refractivity contribution in [3.63, 3.8) is 0 Å². The van der Waals surface area contributed by atoms with Crippen molar-refractivity contribution in [3.05, 3.63) is 64.8 Å². The number of halogens is 1. The van der Waals surface area contributed by atoms with Gasteiger partial charge in [0.25, 0.3) is 0 Å². The molecule has 3 rings (SSSR count). The third-order valence-corrected chi connectivity index (χ3v) is 4.72. The number of carbonyl (C=O) groups is 1. The van der Waals surface area contributed by atoms with Gasteiger partial charge in [0, 0.05) is 23.2 Å². The molecule has 28 heavy (non-hydrogen) atoms. The quantitative estimate of drug-likeness (QED) is 0.389. The molecule has 7 heteroatoms. The second-order valence-electron chi connectivity index (χ2n) is 6.55. The highest BCUT2D eigenvalue weighted by molar-refractivity contribution is 6.30. The van der Waals surface area contributed by atoms with Gasteiger partial charge in [-0.25, -0.2) is 4.79 Å². The fourth-order valence-corrected chi connectivity index (χ4v) is 3.32. The molecule has 1 aromatic heterocycles. The lowest BCUT2D eigenvalue weighted by Gasteiger charge is -2.12. The highest BCUT2D eigenvalue weighted by Crippen LogP contribution is 2.28. The summed E-state index contributed by atoms with van der Waals surface area (Å²) in [6, 6.07) is 12.8. The largest absolute Gasteiger partial charge is 0.480 e. The number of rotatable bonds is 10. The van der Waals surface area contributed by atoms with Gasteiger partial charge in [-0.1, -0.05) is 35.9 Å². The zero-order valence-electron chi connectivity index (χ0n) is 15.3. The van der Waals surface area contributed by atoms with E-state index in [4.69, 9.17) is 21.4 Å². The standard InChI is InChI=1S/C21H23ClN2O4/c22-16-6-1-4-14(10-16)18(25)12-23-9-3-5-15-11-24-21-17(15)7-2-8-19(21)28-13-20(26)27/h1-2,4,6-8,10-11,18,23-25H,3,5,9,12-13H2,(H,26,27). The number of carboxylic acid groups (broad SMARTS) is 1. The number of aliphatic carboxylic acids is 1. The predicted molar refractivity (Wildman–Crippen MR) is 109 cm³/mol. The average molecular weight is 403 g/mol. The summed E-state index contributed by atoms with van der Waals surface area (Å²) in [6.07, 6.45) is 3.08. The van der Waals surface area contributed by atoms with Crippen molar-refractivity contribution >= 4 is 28.5 Å². The molecule has 2 aromatic carbocycles. The summed E-state index contributed by atoms with van der Waals surface area (Å²) in [6.45, 7) is 0.854. The maximum Gasteiger partial charge on any atom is 0.341 e. The van der Waals surface area contributed by atoms with Crippen LogP contribution in [0, 0.1) is 0 Å². The highest BCUT2D eigenvalue weighted by atomic mass is 35.5. The van der Waals surface area contributed by atoms with Crippen LogP contribution in [0.5, 0.6) is 5.75 Å². The molecule has 0 aliphatic heterocycles. The number of ether oxygens (including phenoxy) is 1. The summed E-state index contributed by atoms with van der Waals surface area (Å²) < 4.78 is 5.33. The van der Waals surface area contributed by atoms with Gasteiger partial charge in [0.05, 0.1) is 11.6 Å². The van der Waals surface area contributed by atoms with E-state index in [1.165, 1.54) is 0 Å². The number of benzene rings is 2. The number of carboxylic acids is 1. The van der Waals surface area contributed by atoms with E-state index in [2.05, 4.69) is 10.3 Å². The van der Waals surface area contributed by atoms with E-state index in [9.17, 15) is 9.90 Å². The number of hydrogen-bond acceptors (Lipinski definition) is 4. The molecule has 3 aromatic rings. The normalized spacial score (nSPS) is 12.2. The van der Waals surface area contributed by atoms with E-state index < -0.39 is 12.1 Å². The molecule has 0 bridgehead atoms. The first-order valence-corrected chi connectivity index (χ1v) is 9.50. The van der Waals surface area contributed by atoms with Gasteiger partial charge in [-0.05, 0) is 48.7 Å². The lowest BCUT2D eigenvalue weighted by Crippen LogP contribution is -2.22. The Kier molecular flexibility index (Phi) is 6.92. The third-order valence-electron chi connectivity index (χ3n) is 4.48. The molecule has 1 atom stereocenters. The van der Waals surface area contributed by atoms with Gasteiger partial charge in [-0.15, -0.1) is 0 Å². The van der Waals surface area contributed by atoms with Crippen molar-refractivity contribution in [2.75, 3.05) is 19.7 Å². The Morgan fingerprint density at radius 1 is 1.25 bits per heavy atom. The van der Waals surface area contributed by atoms with Crippen LogP contribution in [0.2, 0.25) is 5.02 Å². The van der Waals surface area contributed by atoms with Crippen molar-refractivity contribution in [1.29, 1.82) is 0 Å². The van der Waals surface area contributed by atoms with Crippen molar-refractivity contribution in [1.82, 2.24) is 10.3 Å². The Morgan fingerprint density at radius 3 is 2.86 bits per heavy atom. The van der Waals surface area contributed by atoms with Gasteiger partial charge < -0.3 is 25.3 Å². The second-order valence-corrected chi connectivity index (χ2v) is 6.99. The Bertz CT molecular complexity index is 941. The van der Waals surface area contributed by atoms with Gasteiger partial charge in [0.2, 0.25) is 0 Å². The average Bonchev–Trinajstić information content (AvgIpc) is 3.09. The van der Waals surface area contributed by atoms with E-state index in [1.54, 1.807) is 18.2 Å². The number of hydrogen-bond donors (Lipinski definition) is 4. The van der Waals surface area contributed by atoms with E-state index in [1.807, 2.05) is 30.5 Å². The van der Waals surface area contributed by atoms with Crippen LogP contribution >= 0.6 is 11.6 Å². The minimum Gasteiger partial charge on any atom is -0.480 e. The molecule has 6 nitrogen and oxygen atoms in total. The third kappa shape index (κ3) is 5.25. The topological polar surface area (TPSA) is 94.6 Å². The van der Waals surface area contributed by atoms with Crippen LogP contribution < -0.4 is 10.1 Å². The molecule has 1 heterocycles. The number of fused-ring (bicyclic) bond motifs is 1. The fourth-order valence-electron chi connectivity index (χ4n) is 3.13. The number of para-hydroxylation sites is 1. The van der Waals surface area contributed by atoms with Crippen LogP contribution in [0.1, 0.15) is 23.7 Å². The summed E-state index contributed by atoms with van der Waals surface area (Å²) in [5, 5.41) is 23.9. The molecular weight excluding hydrogens is 380 g/mol. The van der Waals surface area contributed by atoms with E-state index in [0.29, 0.717) is 17.3 Å². The number of aromatic amines is 1. The van der Waals surface area contributed by atoms with Crippen molar-refractivity contribution in [2.45, 2.75) is 18.9 Å². The zero-order chi connectivity index (χ0) is 19.9. The molecule has 0 spiro atoms. The molecule has 1 unspecified atom stereocenters. The van der Waals surface area contributed by atoms with Crippen molar-refractivity contribution < 1.29 is 19.7 Å². The number of nitrogens with one attached hydrogen (secondary N) is 2. The lowest BCUT2D eigenvalue weighted by atomic mass is 10.1. The highest BCUT2D eigenvalue weighted by Gasteiger charge is 2.10. The number of aliphatic hydroxyl groups excluding tert-OH is 1. The first-order valence-electron chi connectivity index (χ1n) is 9.12. The minimum absolute atomic E-state index is 0.369. The molecule has 148 valence electrons. The van der Waals surface area contributed by atoms with Crippen molar-refractivity contribution in [3.8, 4) is 5.75 Å². The molecular formula is C21H23ClN2O4. The van der Waals surface area contributed by atoms with E-state index in [0.717, 1.165) is 41.4 Å². The summed E-state index contributed by atoms with van der Waals surface area (Å²) >= 11 is 5.95. The molecule has 0 amide bonds. The monoisotopic (exact) mass is 402 g/mol.